The lowest BCUT2D eigenvalue weighted by atomic mass is 9.86. The van der Waals surface area contributed by atoms with Gasteiger partial charge in [-0.05, 0) is 17.1 Å². The predicted molar refractivity (Wildman–Crippen MR) is 83.4 cm³/mol. The van der Waals surface area contributed by atoms with Gasteiger partial charge in [-0.3, -0.25) is 4.79 Å². The number of ether oxygens (including phenoxy) is 1. The molecule has 0 radical (unpaired) electrons. The van der Waals surface area contributed by atoms with Gasteiger partial charge in [0.15, 0.2) is 6.29 Å². The van der Waals surface area contributed by atoms with Crippen LogP contribution in [0.15, 0.2) is 11.6 Å². The molecule has 0 fully saturated rings. The van der Waals surface area contributed by atoms with Crippen LogP contribution in [0.5, 0.6) is 0 Å². The quantitative estimate of drug-likeness (QED) is 0.621. The molecule has 0 saturated heterocycles. The van der Waals surface area contributed by atoms with Crippen molar-refractivity contribution in [2.24, 2.45) is 5.41 Å². The maximum absolute atomic E-state index is 11.4. The topological polar surface area (TPSA) is 58.6 Å². The van der Waals surface area contributed by atoms with E-state index >= 15 is 0 Å². The molecule has 1 rings (SSSR count). The number of aliphatic hydroxyl groups excluding tert-OH is 1. The largest absolute Gasteiger partial charge is 0.364 e. The summed E-state index contributed by atoms with van der Waals surface area (Å²) >= 11 is 1.63. The fraction of sp³-hybridized carbons (Fsp3) is 0.800. The summed E-state index contributed by atoms with van der Waals surface area (Å²) in [5.74, 6) is -0.0950. The Morgan fingerprint density at radius 2 is 1.90 bits per heavy atom. The molecule has 1 aliphatic rings. The zero-order valence-corrected chi connectivity index (χ0v) is 14.3. The molecular formula is C15H27NO3S. The number of thioether (sulfide) groups is 1. The van der Waals surface area contributed by atoms with E-state index in [-0.39, 0.29) is 27.5 Å². The van der Waals surface area contributed by atoms with Crippen molar-refractivity contribution in [1.82, 2.24) is 5.32 Å². The molecule has 3 atom stereocenters. The van der Waals surface area contributed by atoms with Gasteiger partial charge in [0.05, 0.1) is 0 Å². The summed E-state index contributed by atoms with van der Waals surface area (Å²) < 4.78 is 5.62. The summed E-state index contributed by atoms with van der Waals surface area (Å²) in [4.78, 5) is 11.4. The Labute approximate surface area is 126 Å². The predicted octanol–water partition coefficient (Wildman–Crippen LogP) is 2.67. The van der Waals surface area contributed by atoms with Crippen LogP contribution in [0, 0.1) is 5.41 Å². The summed E-state index contributed by atoms with van der Waals surface area (Å²) in [7, 11) is 0. The van der Waals surface area contributed by atoms with E-state index < -0.39 is 6.29 Å². The number of hydrogen-bond donors (Lipinski definition) is 2. The number of aliphatic hydroxyl groups is 1. The average Bonchev–Trinajstić information content (AvgIpc) is 2.55. The second-order valence-electron chi connectivity index (χ2n) is 7.18. The van der Waals surface area contributed by atoms with Crippen molar-refractivity contribution < 1.29 is 14.6 Å². The first-order chi connectivity index (χ1) is 8.90. The molecule has 0 aliphatic carbocycles. The Morgan fingerprint density at radius 1 is 1.35 bits per heavy atom. The minimum Gasteiger partial charge on any atom is -0.364 e. The molecule has 1 unspecified atom stereocenters. The van der Waals surface area contributed by atoms with Crippen molar-refractivity contribution in [3.8, 4) is 0 Å². The van der Waals surface area contributed by atoms with Crippen LogP contribution >= 0.6 is 11.8 Å². The van der Waals surface area contributed by atoms with Crippen molar-refractivity contribution in [3.63, 3.8) is 0 Å². The Balaban J connectivity index is 2.93. The van der Waals surface area contributed by atoms with Gasteiger partial charge in [0, 0.05) is 11.7 Å². The second kappa shape index (κ2) is 6.08. The van der Waals surface area contributed by atoms with Gasteiger partial charge in [0.2, 0.25) is 5.91 Å². The number of carbonyl (C=O) groups is 1. The molecule has 0 saturated carbocycles. The number of nitrogens with one attached hydrogen (secondary N) is 1. The molecule has 1 heterocycles. The molecule has 5 heteroatoms. The van der Waals surface area contributed by atoms with Gasteiger partial charge in [-0.2, -0.15) is 0 Å². The molecule has 4 nitrogen and oxygen atoms in total. The molecule has 0 aromatic rings. The van der Waals surface area contributed by atoms with Gasteiger partial charge < -0.3 is 15.2 Å². The fourth-order valence-electron chi connectivity index (χ4n) is 2.06. The summed E-state index contributed by atoms with van der Waals surface area (Å²) in [6.45, 7) is 13.9. The van der Waals surface area contributed by atoms with E-state index in [9.17, 15) is 9.90 Å². The molecule has 20 heavy (non-hydrogen) atoms. The monoisotopic (exact) mass is 301 g/mol. The van der Waals surface area contributed by atoms with Crippen LogP contribution in [-0.2, 0) is 9.53 Å². The maximum atomic E-state index is 11.4. The summed E-state index contributed by atoms with van der Waals surface area (Å²) in [5.41, 5.74) is 0.716. The van der Waals surface area contributed by atoms with Crippen LogP contribution in [0.2, 0.25) is 0 Å². The van der Waals surface area contributed by atoms with E-state index in [1.165, 1.54) is 6.92 Å². The van der Waals surface area contributed by atoms with Crippen LogP contribution in [0.3, 0.4) is 0 Å². The highest BCUT2D eigenvalue weighted by atomic mass is 32.2. The third kappa shape index (κ3) is 5.11. The van der Waals surface area contributed by atoms with Crippen LogP contribution in [-0.4, -0.2) is 33.5 Å². The Hall–Kier alpha value is -0.520. The first-order valence-electron chi connectivity index (χ1n) is 6.91. The zero-order chi connectivity index (χ0) is 15.7. The van der Waals surface area contributed by atoms with E-state index in [0.717, 1.165) is 5.57 Å². The molecule has 116 valence electrons. The number of hydrogen-bond acceptors (Lipinski definition) is 4. The van der Waals surface area contributed by atoms with Crippen LogP contribution in [0.4, 0.5) is 0 Å². The normalized spacial score (nSPS) is 25.3. The summed E-state index contributed by atoms with van der Waals surface area (Å²) in [6, 6.07) is 0. The zero-order valence-electron chi connectivity index (χ0n) is 13.5. The number of rotatable bonds is 3. The maximum Gasteiger partial charge on any atom is 0.217 e. The highest BCUT2D eigenvalue weighted by Crippen LogP contribution is 2.38. The number of amides is 1. The SMILES string of the molecule is CC(=O)NC(SC(C)(C)C)[C@@H]1C=C(C(C)(C)C)[C@H](O)O1. The minimum absolute atomic E-state index is 0.0141. The van der Waals surface area contributed by atoms with Gasteiger partial charge in [-0.25, -0.2) is 0 Å². The van der Waals surface area contributed by atoms with Crippen LogP contribution < -0.4 is 5.32 Å². The second-order valence-corrected chi connectivity index (χ2v) is 9.14. The summed E-state index contributed by atoms with van der Waals surface area (Å²) in [6.07, 6.45) is 0.744. The third-order valence-electron chi connectivity index (χ3n) is 2.89. The molecule has 0 aromatic carbocycles. The van der Waals surface area contributed by atoms with Gasteiger partial charge >= 0.3 is 0 Å². The van der Waals surface area contributed by atoms with Crippen molar-refractivity contribution in [3.05, 3.63) is 11.6 Å². The van der Waals surface area contributed by atoms with Gasteiger partial charge in [-0.1, -0.05) is 41.5 Å². The van der Waals surface area contributed by atoms with Crippen molar-refractivity contribution in [1.29, 1.82) is 0 Å². The standard InChI is InChI=1S/C15H27NO3S/c1-9(17)16-12(20-15(5,6)7)11-8-10(13(18)19-11)14(2,3)4/h8,11-13,18H,1-7H3,(H,16,17)/t11-,12?,13+/m0/s1. The Morgan fingerprint density at radius 3 is 2.25 bits per heavy atom. The average molecular weight is 301 g/mol. The van der Waals surface area contributed by atoms with E-state index in [1.807, 2.05) is 26.8 Å². The Kier molecular flexibility index (Phi) is 5.33. The van der Waals surface area contributed by atoms with Crippen molar-refractivity contribution in [2.45, 2.75) is 71.0 Å². The molecule has 0 bridgehead atoms. The van der Waals surface area contributed by atoms with E-state index in [4.69, 9.17) is 4.74 Å². The summed E-state index contributed by atoms with van der Waals surface area (Å²) in [5, 5.41) is 12.8. The Bertz CT molecular complexity index is 393. The smallest absolute Gasteiger partial charge is 0.217 e. The van der Waals surface area contributed by atoms with Crippen molar-refractivity contribution in [2.75, 3.05) is 0 Å². The van der Waals surface area contributed by atoms with Gasteiger partial charge in [0.1, 0.15) is 11.5 Å². The highest BCUT2D eigenvalue weighted by molar-refractivity contribution is 8.01. The van der Waals surface area contributed by atoms with Crippen LogP contribution in [0.25, 0.3) is 0 Å². The van der Waals surface area contributed by atoms with Gasteiger partial charge in [-0.15, -0.1) is 11.8 Å². The first kappa shape index (κ1) is 17.5. The first-order valence-corrected chi connectivity index (χ1v) is 7.79. The molecule has 0 spiro atoms. The molecule has 1 aliphatic heterocycles. The molecule has 0 aromatic heterocycles. The fourth-order valence-corrected chi connectivity index (χ4v) is 3.32. The third-order valence-corrected chi connectivity index (χ3v) is 4.23. The van der Waals surface area contributed by atoms with Crippen molar-refractivity contribution >= 4 is 17.7 Å². The lowest BCUT2D eigenvalue weighted by Gasteiger charge is -2.29. The van der Waals surface area contributed by atoms with E-state index in [1.54, 1.807) is 11.8 Å². The number of carbonyl (C=O) groups excluding carboxylic acids is 1. The van der Waals surface area contributed by atoms with Crippen LogP contribution in [0.1, 0.15) is 48.5 Å². The lowest BCUT2D eigenvalue weighted by molar-refractivity contribution is -0.121. The molecule has 1 amide bonds. The highest BCUT2D eigenvalue weighted by Gasteiger charge is 2.38. The van der Waals surface area contributed by atoms with Gasteiger partial charge in [0.25, 0.3) is 0 Å². The molecule has 2 N–H and O–H groups in total. The van der Waals surface area contributed by atoms with E-state index in [0.29, 0.717) is 0 Å². The lowest BCUT2D eigenvalue weighted by Crippen LogP contribution is -2.42. The van der Waals surface area contributed by atoms with E-state index in [2.05, 4.69) is 26.1 Å². The molecular weight excluding hydrogens is 274 g/mol. The minimum atomic E-state index is -0.892.